The lowest BCUT2D eigenvalue weighted by molar-refractivity contribution is -0.138. The molecule has 0 saturated heterocycles. The molecule has 1 atom stereocenters. The quantitative estimate of drug-likeness (QED) is 0.619. The Bertz CT molecular complexity index is 181. The van der Waals surface area contributed by atoms with Gasteiger partial charge < -0.3 is 4.90 Å². The van der Waals surface area contributed by atoms with Gasteiger partial charge in [0.15, 0.2) is 0 Å². The zero-order valence-corrected chi connectivity index (χ0v) is 8.34. The molecule has 0 heterocycles. The zero-order valence-electron chi connectivity index (χ0n) is 8.34. The summed E-state index contributed by atoms with van der Waals surface area (Å²) in [6.07, 6.45) is 1.77. The molecule has 0 N–H and O–H groups in total. The second-order valence-electron chi connectivity index (χ2n) is 3.96. The molecule has 1 unspecified atom stereocenters. The van der Waals surface area contributed by atoms with Crippen molar-refractivity contribution < 1.29 is 9.59 Å². The summed E-state index contributed by atoms with van der Waals surface area (Å²) in [5, 5.41) is 0. The van der Waals surface area contributed by atoms with Crippen LogP contribution in [0.1, 0.15) is 27.7 Å². The molecule has 0 rings (SSSR count). The second kappa shape index (κ2) is 3.70. The first kappa shape index (κ1) is 11.1. The number of hydrogen-bond donors (Lipinski definition) is 0. The van der Waals surface area contributed by atoms with Gasteiger partial charge in [0.25, 0.3) is 0 Å². The maximum Gasteiger partial charge on any atom is 0.228 e. The summed E-state index contributed by atoms with van der Waals surface area (Å²) in [5.74, 6) is -0.0432. The molecule has 1 amide bonds. The van der Waals surface area contributed by atoms with Crippen LogP contribution in [0.2, 0.25) is 0 Å². The van der Waals surface area contributed by atoms with Crippen LogP contribution in [0.4, 0.5) is 0 Å². The molecule has 0 aromatic carbocycles. The van der Waals surface area contributed by atoms with Crippen LogP contribution < -0.4 is 0 Å². The zero-order chi connectivity index (χ0) is 9.94. The van der Waals surface area contributed by atoms with Crippen LogP contribution in [0.5, 0.6) is 0 Å². The maximum absolute atomic E-state index is 11.5. The summed E-state index contributed by atoms with van der Waals surface area (Å²) in [4.78, 5) is 23.2. The highest BCUT2D eigenvalue weighted by atomic mass is 16.2. The highest BCUT2D eigenvalue weighted by Gasteiger charge is 2.27. The van der Waals surface area contributed by atoms with Crippen molar-refractivity contribution in [3.63, 3.8) is 0 Å². The minimum Gasteiger partial charge on any atom is -0.335 e. The molecule has 0 aliphatic heterocycles. The van der Waals surface area contributed by atoms with Gasteiger partial charge in [-0.1, -0.05) is 20.8 Å². The second-order valence-corrected chi connectivity index (χ2v) is 3.96. The van der Waals surface area contributed by atoms with Crippen molar-refractivity contribution in [3.8, 4) is 0 Å². The standard InChI is InChI=1S/C9H16NO2/c1-7(6-11)10(5)8(12)9(2,3)4/h7H,1-5H3. The van der Waals surface area contributed by atoms with Gasteiger partial charge in [0.1, 0.15) is 0 Å². The Kier molecular flexibility index (Phi) is 3.43. The predicted octanol–water partition coefficient (Wildman–Crippen LogP) is 0.989. The van der Waals surface area contributed by atoms with E-state index in [1.807, 2.05) is 20.8 Å². The first-order valence-electron chi connectivity index (χ1n) is 3.95. The van der Waals surface area contributed by atoms with Gasteiger partial charge in [-0.2, -0.15) is 0 Å². The maximum atomic E-state index is 11.5. The fourth-order valence-electron chi connectivity index (χ4n) is 0.784. The van der Waals surface area contributed by atoms with Crippen LogP contribution in [-0.4, -0.2) is 30.2 Å². The van der Waals surface area contributed by atoms with Crippen molar-refractivity contribution in [1.29, 1.82) is 0 Å². The van der Waals surface area contributed by atoms with E-state index in [2.05, 4.69) is 0 Å². The molecule has 69 valence electrons. The third kappa shape index (κ3) is 2.64. The Hall–Kier alpha value is -0.860. The Morgan fingerprint density at radius 1 is 1.42 bits per heavy atom. The van der Waals surface area contributed by atoms with Gasteiger partial charge in [-0.05, 0) is 6.92 Å². The normalized spacial score (nSPS) is 13.8. The predicted molar refractivity (Wildman–Crippen MR) is 47.4 cm³/mol. The molecule has 12 heavy (non-hydrogen) atoms. The highest BCUT2D eigenvalue weighted by molar-refractivity contribution is 5.83. The van der Waals surface area contributed by atoms with Crippen molar-refractivity contribution in [1.82, 2.24) is 4.90 Å². The Balaban J connectivity index is 4.40. The van der Waals surface area contributed by atoms with Gasteiger partial charge in [0.05, 0.1) is 6.04 Å². The van der Waals surface area contributed by atoms with E-state index in [1.54, 1.807) is 20.3 Å². The van der Waals surface area contributed by atoms with Gasteiger partial charge in [-0.25, -0.2) is 0 Å². The topological polar surface area (TPSA) is 37.4 Å². The average Bonchev–Trinajstić information content (AvgIpc) is 1.98. The lowest BCUT2D eigenvalue weighted by atomic mass is 9.94. The van der Waals surface area contributed by atoms with Gasteiger partial charge in [0, 0.05) is 12.5 Å². The van der Waals surface area contributed by atoms with Gasteiger partial charge in [-0.15, -0.1) is 0 Å². The van der Waals surface area contributed by atoms with Crippen molar-refractivity contribution in [2.45, 2.75) is 33.7 Å². The van der Waals surface area contributed by atoms with Crippen LogP contribution in [0, 0.1) is 5.41 Å². The van der Waals surface area contributed by atoms with Crippen LogP contribution in [0.25, 0.3) is 0 Å². The molecule has 3 heteroatoms. The number of hydrogen-bond acceptors (Lipinski definition) is 2. The van der Waals surface area contributed by atoms with E-state index < -0.39 is 11.5 Å². The molecule has 0 aromatic heterocycles. The Labute approximate surface area is 73.7 Å². The number of nitrogens with zero attached hydrogens (tertiary/aromatic N) is 1. The molecular formula is C9H16NO2. The molecule has 0 bridgehead atoms. The first-order chi connectivity index (χ1) is 5.30. The fourth-order valence-corrected chi connectivity index (χ4v) is 0.784. The number of carbonyl (C=O) groups is 1. The molecule has 1 radical (unpaired) electrons. The third-order valence-corrected chi connectivity index (χ3v) is 1.71. The lowest BCUT2D eigenvalue weighted by Crippen LogP contribution is -2.42. The fraction of sp³-hybridized carbons (Fsp3) is 0.778. The molecule has 0 aromatic rings. The molecule has 0 saturated carbocycles. The third-order valence-electron chi connectivity index (χ3n) is 1.71. The summed E-state index contributed by atoms with van der Waals surface area (Å²) in [6, 6.07) is -0.461. The van der Waals surface area contributed by atoms with Crippen molar-refractivity contribution in [3.05, 3.63) is 0 Å². The number of rotatable bonds is 2. The van der Waals surface area contributed by atoms with Crippen LogP contribution in [-0.2, 0) is 9.59 Å². The Morgan fingerprint density at radius 2 is 1.83 bits per heavy atom. The summed E-state index contributed by atoms with van der Waals surface area (Å²) in [5.41, 5.74) is -0.431. The molecule has 0 aliphatic carbocycles. The highest BCUT2D eigenvalue weighted by Crippen LogP contribution is 2.17. The molecule has 0 fully saturated rings. The SMILES string of the molecule is CC([C]=O)N(C)C(=O)C(C)(C)C. The van der Waals surface area contributed by atoms with Crippen molar-refractivity contribution in [2.24, 2.45) is 5.41 Å². The van der Waals surface area contributed by atoms with E-state index in [9.17, 15) is 9.59 Å². The largest absolute Gasteiger partial charge is 0.335 e. The van der Waals surface area contributed by atoms with Gasteiger partial charge >= 0.3 is 0 Å². The van der Waals surface area contributed by atoms with E-state index in [0.29, 0.717) is 0 Å². The minimum absolute atomic E-state index is 0.0432. The summed E-state index contributed by atoms with van der Waals surface area (Å²) in [6.45, 7) is 7.12. The van der Waals surface area contributed by atoms with E-state index >= 15 is 0 Å². The first-order valence-corrected chi connectivity index (χ1v) is 3.95. The molecular weight excluding hydrogens is 154 g/mol. The Morgan fingerprint density at radius 3 is 2.08 bits per heavy atom. The van der Waals surface area contributed by atoms with Crippen LogP contribution >= 0.6 is 0 Å². The number of likely N-dealkylation sites (N-methyl/N-ethyl adjacent to an activating group) is 1. The minimum atomic E-state index is -0.461. The van der Waals surface area contributed by atoms with E-state index in [0.717, 1.165) is 0 Å². The summed E-state index contributed by atoms with van der Waals surface area (Å²) in [7, 11) is 1.61. The number of amides is 1. The number of carbonyl (C=O) groups excluding carboxylic acids is 2. The van der Waals surface area contributed by atoms with Crippen LogP contribution in [0.15, 0.2) is 0 Å². The van der Waals surface area contributed by atoms with E-state index in [-0.39, 0.29) is 5.91 Å². The molecule has 0 spiro atoms. The lowest BCUT2D eigenvalue weighted by Gasteiger charge is -2.27. The van der Waals surface area contributed by atoms with Crippen molar-refractivity contribution >= 4 is 12.2 Å². The molecule has 0 aliphatic rings. The monoisotopic (exact) mass is 170 g/mol. The average molecular weight is 170 g/mol. The van der Waals surface area contributed by atoms with Crippen LogP contribution in [0.3, 0.4) is 0 Å². The smallest absolute Gasteiger partial charge is 0.228 e. The molecule has 3 nitrogen and oxygen atoms in total. The van der Waals surface area contributed by atoms with E-state index in [1.165, 1.54) is 4.90 Å². The summed E-state index contributed by atoms with van der Waals surface area (Å²) < 4.78 is 0. The van der Waals surface area contributed by atoms with Crippen molar-refractivity contribution in [2.75, 3.05) is 7.05 Å². The van der Waals surface area contributed by atoms with Gasteiger partial charge in [-0.3, -0.25) is 9.59 Å². The van der Waals surface area contributed by atoms with E-state index in [4.69, 9.17) is 0 Å². The van der Waals surface area contributed by atoms with Gasteiger partial charge in [0.2, 0.25) is 12.2 Å². The summed E-state index contributed by atoms with van der Waals surface area (Å²) >= 11 is 0.